The molecule has 0 radical (unpaired) electrons. The second-order valence-electron chi connectivity index (χ2n) is 5.95. The molecular formula is C15H26ClN3. The molecule has 3 nitrogen and oxygen atoms in total. The molecule has 0 saturated carbocycles. The van der Waals surface area contributed by atoms with E-state index >= 15 is 0 Å². The van der Waals surface area contributed by atoms with Crippen molar-refractivity contribution in [1.29, 1.82) is 0 Å². The Morgan fingerprint density at radius 3 is 2.47 bits per heavy atom. The molecule has 0 aliphatic carbocycles. The predicted octanol–water partition coefficient (Wildman–Crippen LogP) is 3.57. The van der Waals surface area contributed by atoms with E-state index in [2.05, 4.69) is 42.9 Å². The second-order valence-corrected chi connectivity index (χ2v) is 6.36. The Hall–Kier alpha value is -0.800. The van der Waals surface area contributed by atoms with Crippen LogP contribution >= 0.6 is 11.6 Å². The molecule has 1 rings (SSSR count). The molecule has 0 saturated heterocycles. The fourth-order valence-corrected chi connectivity index (χ4v) is 2.32. The van der Waals surface area contributed by atoms with Crippen LogP contribution in [-0.2, 0) is 6.54 Å². The van der Waals surface area contributed by atoms with Crippen molar-refractivity contribution < 1.29 is 0 Å². The van der Waals surface area contributed by atoms with Gasteiger partial charge in [-0.3, -0.25) is 0 Å². The van der Waals surface area contributed by atoms with Crippen LogP contribution in [0.25, 0.3) is 0 Å². The van der Waals surface area contributed by atoms with Gasteiger partial charge in [-0.15, -0.1) is 0 Å². The fraction of sp³-hybridized carbons (Fsp3) is 0.667. The van der Waals surface area contributed by atoms with Crippen LogP contribution in [0.2, 0.25) is 5.02 Å². The Bertz CT molecular complexity index is 391. The summed E-state index contributed by atoms with van der Waals surface area (Å²) in [5.74, 6) is 2.11. The van der Waals surface area contributed by atoms with E-state index in [9.17, 15) is 0 Å². The summed E-state index contributed by atoms with van der Waals surface area (Å²) in [6.45, 7) is 11.6. The van der Waals surface area contributed by atoms with Gasteiger partial charge in [-0.25, -0.2) is 4.98 Å². The number of anilines is 1. The molecule has 1 heterocycles. The van der Waals surface area contributed by atoms with Crippen molar-refractivity contribution in [2.75, 3.05) is 25.0 Å². The van der Waals surface area contributed by atoms with Crippen molar-refractivity contribution >= 4 is 17.4 Å². The third-order valence-corrected chi connectivity index (χ3v) is 3.04. The number of nitrogens with zero attached hydrogens (tertiary/aromatic N) is 2. The molecule has 1 N–H and O–H groups in total. The molecular weight excluding hydrogens is 258 g/mol. The van der Waals surface area contributed by atoms with Crippen LogP contribution < -0.4 is 10.2 Å². The van der Waals surface area contributed by atoms with E-state index < -0.39 is 0 Å². The van der Waals surface area contributed by atoms with Gasteiger partial charge in [0.1, 0.15) is 5.82 Å². The molecule has 1 aromatic heterocycles. The van der Waals surface area contributed by atoms with Crippen molar-refractivity contribution in [2.24, 2.45) is 11.8 Å². The van der Waals surface area contributed by atoms with Crippen molar-refractivity contribution in [3.05, 3.63) is 22.8 Å². The van der Waals surface area contributed by atoms with Gasteiger partial charge in [0.25, 0.3) is 0 Å². The maximum absolute atomic E-state index is 6.32. The zero-order valence-electron chi connectivity index (χ0n) is 12.7. The van der Waals surface area contributed by atoms with Gasteiger partial charge in [-0.2, -0.15) is 0 Å². The molecule has 0 bridgehead atoms. The molecule has 0 aliphatic heterocycles. The quantitative estimate of drug-likeness (QED) is 0.829. The van der Waals surface area contributed by atoms with E-state index in [0.717, 1.165) is 36.0 Å². The Kier molecular flexibility index (Phi) is 6.59. The maximum Gasteiger partial charge on any atom is 0.147 e. The summed E-state index contributed by atoms with van der Waals surface area (Å²) in [6, 6.07) is 2.01. The zero-order chi connectivity index (χ0) is 14.4. The Balaban J connectivity index is 2.63. The molecule has 0 fully saturated rings. The van der Waals surface area contributed by atoms with Gasteiger partial charge in [0, 0.05) is 26.3 Å². The number of hydrogen-bond donors (Lipinski definition) is 1. The van der Waals surface area contributed by atoms with Crippen molar-refractivity contribution in [2.45, 2.75) is 34.2 Å². The smallest absolute Gasteiger partial charge is 0.147 e. The summed E-state index contributed by atoms with van der Waals surface area (Å²) in [5, 5.41) is 4.13. The molecule has 0 spiro atoms. The second kappa shape index (κ2) is 7.71. The van der Waals surface area contributed by atoms with Crippen molar-refractivity contribution in [1.82, 2.24) is 10.3 Å². The van der Waals surface area contributed by atoms with Crippen LogP contribution in [0.1, 0.15) is 33.3 Å². The average Bonchev–Trinajstić information content (AvgIpc) is 2.27. The minimum Gasteiger partial charge on any atom is -0.358 e. The van der Waals surface area contributed by atoms with Crippen LogP contribution in [0, 0.1) is 11.8 Å². The highest BCUT2D eigenvalue weighted by Gasteiger charge is 2.10. The summed E-state index contributed by atoms with van der Waals surface area (Å²) in [5.41, 5.74) is 1.13. The van der Waals surface area contributed by atoms with E-state index in [-0.39, 0.29) is 0 Å². The molecule has 19 heavy (non-hydrogen) atoms. The van der Waals surface area contributed by atoms with E-state index in [4.69, 9.17) is 11.6 Å². The minimum absolute atomic E-state index is 0.593. The molecule has 108 valence electrons. The first-order valence-electron chi connectivity index (χ1n) is 6.96. The van der Waals surface area contributed by atoms with Crippen LogP contribution in [0.15, 0.2) is 12.3 Å². The Morgan fingerprint density at radius 1 is 1.26 bits per heavy atom. The molecule has 0 atom stereocenters. The lowest BCUT2D eigenvalue weighted by molar-refractivity contribution is 0.552. The lowest BCUT2D eigenvalue weighted by Crippen LogP contribution is -2.24. The van der Waals surface area contributed by atoms with E-state index in [1.54, 1.807) is 0 Å². The topological polar surface area (TPSA) is 28.2 Å². The lowest BCUT2D eigenvalue weighted by atomic mass is 10.2. The van der Waals surface area contributed by atoms with Gasteiger partial charge in [0.05, 0.1) is 5.02 Å². The zero-order valence-corrected chi connectivity index (χ0v) is 13.5. The van der Waals surface area contributed by atoms with Gasteiger partial charge >= 0.3 is 0 Å². The van der Waals surface area contributed by atoms with Gasteiger partial charge in [0.15, 0.2) is 0 Å². The van der Waals surface area contributed by atoms with E-state index in [1.165, 1.54) is 0 Å². The Morgan fingerprint density at radius 2 is 1.95 bits per heavy atom. The summed E-state index contributed by atoms with van der Waals surface area (Å²) in [4.78, 5) is 6.59. The number of pyridine rings is 1. The standard InChI is InChI=1S/C15H26ClN3/c1-11(2)7-17-8-13-6-14(16)15(18-9-13)19(5)10-12(3)4/h6,9,11-12,17H,7-8,10H2,1-5H3. The van der Waals surface area contributed by atoms with Crippen LogP contribution in [0.5, 0.6) is 0 Å². The Labute approximate surface area is 122 Å². The number of aromatic nitrogens is 1. The highest BCUT2D eigenvalue weighted by Crippen LogP contribution is 2.23. The molecule has 1 aromatic rings. The SMILES string of the molecule is CC(C)CNCc1cnc(N(C)CC(C)C)c(Cl)c1. The number of halogens is 1. The molecule has 0 unspecified atom stereocenters. The highest BCUT2D eigenvalue weighted by atomic mass is 35.5. The van der Waals surface area contributed by atoms with Crippen LogP contribution in [-0.4, -0.2) is 25.1 Å². The summed E-state index contributed by atoms with van der Waals surface area (Å²) in [6.07, 6.45) is 1.91. The van der Waals surface area contributed by atoms with E-state index in [1.807, 2.05) is 19.3 Å². The first-order chi connectivity index (χ1) is 8.90. The summed E-state index contributed by atoms with van der Waals surface area (Å²) < 4.78 is 0. The molecule has 0 aliphatic rings. The minimum atomic E-state index is 0.593. The highest BCUT2D eigenvalue weighted by molar-refractivity contribution is 6.33. The fourth-order valence-electron chi connectivity index (χ4n) is 1.99. The largest absolute Gasteiger partial charge is 0.358 e. The number of rotatable bonds is 7. The predicted molar refractivity (Wildman–Crippen MR) is 83.9 cm³/mol. The first-order valence-corrected chi connectivity index (χ1v) is 7.34. The van der Waals surface area contributed by atoms with Crippen molar-refractivity contribution in [3.63, 3.8) is 0 Å². The summed E-state index contributed by atoms with van der Waals surface area (Å²) >= 11 is 6.32. The summed E-state index contributed by atoms with van der Waals surface area (Å²) in [7, 11) is 2.03. The van der Waals surface area contributed by atoms with Crippen molar-refractivity contribution in [3.8, 4) is 0 Å². The normalized spacial score (nSPS) is 11.4. The van der Waals surface area contributed by atoms with Gasteiger partial charge in [0.2, 0.25) is 0 Å². The van der Waals surface area contributed by atoms with Gasteiger partial charge in [-0.05, 0) is 30.0 Å². The van der Waals surface area contributed by atoms with Crippen LogP contribution in [0.4, 0.5) is 5.82 Å². The lowest BCUT2D eigenvalue weighted by Gasteiger charge is -2.21. The van der Waals surface area contributed by atoms with Gasteiger partial charge < -0.3 is 10.2 Å². The third kappa shape index (κ3) is 5.79. The maximum atomic E-state index is 6.32. The number of hydrogen-bond acceptors (Lipinski definition) is 3. The molecule has 0 amide bonds. The number of nitrogens with one attached hydrogen (secondary N) is 1. The average molecular weight is 284 g/mol. The molecule has 4 heteroatoms. The van der Waals surface area contributed by atoms with Gasteiger partial charge in [-0.1, -0.05) is 39.3 Å². The van der Waals surface area contributed by atoms with E-state index in [0.29, 0.717) is 11.8 Å². The molecule has 0 aromatic carbocycles. The third-order valence-electron chi connectivity index (χ3n) is 2.76. The van der Waals surface area contributed by atoms with Crippen LogP contribution in [0.3, 0.4) is 0 Å². The monoisotopic (exact) mass is 283 g/mol. The first kappa shape index (κ1) is 16.3.